The van der Waals surface area contributed by atoms with E-state index in [0.29, 0.717) is 42.5 Å². The number of hydrogen-bond donors (Lipinski definition) is 0. The molecule has 0 saturated carbocycles. The molecule has 1 saturated heterocycles. The molecule has 0 N–H and O–H groups in total. The molecule has 1 aliphatic rings. The Morgan fingerprint density at radius 2 is 1.96 bits per heavy atom. The van der Waals surface area contributed by atoms with Crippen LogP contribution in [0.1, 0.15) is 18.4 Å². The fourth-order valence-corrected chi connectivity index (χ4v) is 3.10. The number of benzene rings is 1. The Labute approximate surface area is 146 Å². The van der Waals surface area contributed by atoms with Gasteiger partial charge in [-0.25, -0.2) is 0 Å². The minimum atomic E-state index is -0.0694. The Morgan fingerprint density at radius 3 is 2.52 bits per heavy atom. The lowest BCUT2D eigenvalue weighted by Crippen LogP contribution is -2.42. The first-order chi connectivity index (χ1) is 10.9. The molecule has 0 aromatic heterocycles. The van der Waals surface area contributed by atoms with E-state index >= 15 is 0 Å². The zero-order valence-corrected chi connectivity index (χ0v) is 14.6. The molecule has 2 amide bonds. The predicted octanol–water partition coefficient (Wildman–Crippen LogP) is 3.38. The number of amides is 2. The van der Waals surface area contributed by atoms with E-state index in [1.807, 2.05) is 6.07 Å². The topological polar surface area (TPSA) is 40.6 Å². The van der Waals surface area contributed by atoms with E-state index in [1.165, 1.54) is 6.08 Å². The molecule has 6 heteroatoms. The van der Waals surface area contributed by atoms with Crippen molar-refractivity contribution in [1.29, 1.82) is 0 Å². The first kappa shape index (κ1) is 17.8. The molecule has 4 nitrogen and oxygen atoms in total. The standard InChI is InChI=1S/C17H20Cl2N2O2/c1-3-16(22)21-8-6-13(7-9-21)17(23)20(2)11-12-4-5-14(18)15(19)10-12/h3-5,10,13H,1,6-9,11H2,2H3. The lowest BCUT2D eigenvalue weighted by molar-refractivity contribution is -0.138. The first-order valence-electron chi connectivity index (χ1n) is 7.52. The maximum atomic E-state index is 12.5. The van der Waals surface area contributed by atoms with Gasteiger partial charge in [-0.15, -0.1) is 0 Å². The van der Waals surface area contributed by atoms with Gasteiger partial charge in [0.1, 0.15) is 0 Å². The molecular formula is C17H20Cl2N2O2. The van der Waals surface area contributed by atoms with Crippen LogP contribution in [-0.4, -0.2) is 41.8 Å². The number of likely N-dealkylation sites (tertiary alicyclic amines) is 1. The summed E-state index contributed by atoms with van der Waals surface area (Å²) in [5.41, 5.74) is 0.939. The SMILES string of the molecule is C=CC(=O)N1CCC(C(=O)N(C)Cc2ccc(Cl)c(Cl)c2)CC1. The molecule has 1 aromatic rings. The third kappa shape index (κ3) is 4.49. The van der Waals surface area contributed by atoms with Gasteiger partial charge >= 0.3 is 0 Å². The van der Waals surface area contributed by atoms with Crippen LogP contribution in [0, 0.1) is 5.92 Å². The van der Waals surface area contributed by atoms with Crippen LogP contribution in [0.15, 0.2) is 30.9 Å². The molecule has 2 rings (SSSR count). The van der Waals surface area contributed by atoms with Gasteiger partial charge in [0.2, 0.25) is 11.8 Å². The van der Waals surface area contributed by atoms with Crippen molar-refractivity contribution < 1.29 is 9.59 Å². The van der Waals surface area contributed by atoms with Gasteiger partial charge in [-0.2, -0.15) is 0 Å². The van der Waals surface area contributed by atoms with E-state index < -0.39 is 0 Å². The second-order valence-electron chi connectivity index (χ2n) is 5.75. The van der Waals surface area contributed by atoms with Crippen molar-refractivity contribution in [3.05, 3.63) is 46.5 Å². The highest BCUT2D eigenvalue weighted by Gasteiger charge is 2.28. The van der Waals surface area contributed by atoms with Crippen molar-refractivity contribution in [3.63, 3.8) is 0 Å². The molecular weight excluding hydrogens is 335 g/mol. The lowest BCUT2D eigenvalue weighted by atomic mass is 9.95. The Morgan fingerprint density at radius 1 is 1.30 bits per heavy atom. The van der Waals surface area contributed by atoms with E-state index in [2.05, 4.69) is 6.58 Å². The molecule has 0 atom stereocenters. The van der Waals surface area contributed by atoms with Gasteiger partial charge in [-0.05, 0) is 36.6 Å². The highest BCUT2D eigenvalue weighted by atomic mass is 35.5. The zero-order chi connectivity index (χ0) is 17.0. The van der Waals surface area contributed by atoms with E-state index in [-0.39, 0.29) is 17.7 Å². The van der Waals surface area contributed by atoms with Crippen molar-refractivity contribution in [2.45, 2.75) is 19.4 Å². The molecule has 0 radical (unpaired) electrons. The molecule has 1 heterocycles. The molecule has 1 aromatic carbocycles. The molecule has 1 fully saturated rings. The fraction of sp³-hybridized carbons (Fsp3) is 0.412. The van der Waals surface area contributed by atoms with Crippen LogP contribution in [0.2, 0.25) is 10.0 Å². The van der Waals surface area contributed by atoms with Crippen molar-refractivity contribution >= 4 is 35.0 Å². The van der Waals surface area contributed by atoms with E-state index in [0.717, 1.165) is 5.56 Å². The van der Waals surface area contributed by atoms with Crippen molar-refractivity contribution in [2.75, 3.05) is 20.1 Å². The quantitative estimate of drug-likeness (QED) is 0.777. The number of carbonyl (C=O) groups excluding carboxylic acids is 2. The third-order valence-electron chi connectivity index (χ3n) is 4.11. The normalized spacial score (nSPS) is 15.3. The first-order valence-corrected chi connectivity index (χ1v) is 8.28. The van der Waals surface area contributed by atoms with Gasteiger partial charge in [0.25, 0.3) is 0 Å². The van der Waals surface area contributed by atoms with E-state index in [9.17, 15) is 9.59 Å². The molecule has 124 valence electrons. The van der Waals surface area contributed by atoms with Gasteiger partial charge in [0.05, 0.1) is 10.0 Å². The second kappa shape index (κ2) is 7.84. The minimum absolute atomic E-state index is 0.0448. The maximum Gasteiger partial charge on any atom is 0.245 e. The monoisotopic (exact) mass is 354 g/mol. The summed E-state index contributed by atoms with van der Waals surface area (Å²) in [7, 11) is 1.78. The average Bonchev–Trinajstić information content (AvgIpc) is 2.57. The Kier molecular flexibility index (Phi) is 6.08. The number of nitrogens with zero attached hydrogens (tertiary/aromatic N) is 2. The van der Waals surface area contributed by atoms with Gasteiger partial charge in [0, 0.05) is 32.6 Å². The lowest BCUT2D eigenvalue weighted by Gasteiger charge is -2.32. The van der Waals surface area contributed by atoms with Crippen molar-refractivity contribution in [1.82, 2.24) is 9.80 Å². The summed E-state index contributed by atoms with van der Waals surface area (Å²) in [6.07, 6.45) is 2.69. The number of carbonyl (C=O) groups is 2. The molecule has 0 unspecified atom stereocenters. The number of hydrogen-bond acceptors (Lipinski definition) is 2. The summed E-state index contributed by atoms with van der Waals surface area (Å²) in [6, 6.07) is 5.37. The summed E-state index contributed by atoms with van der Waals surface area (Å²) in [6.45, 7) is 5.18. The number of halogens is 2. The summed E-state index contributed by atoms with van der Waals surface area (Å²) in [4.78, 5) is 27.5. The summed E-state index contributed by atoms with van der Waals surface area (Å²) in [5.74, 6) is -0.0153. The highest BCUT2D eigenvalue weighted by Crippen LogP contribution is 2.24. The Bertz CT molecular complexity index is 611. The predicted molar refractivity (Wildman–Crippen MR) is 92.4 cm³/mol. The Hall–Kier alpha value is -1.52. The summed E-state index contributed by atoms with van der Waals surface area (Å²) in [5, 5.41) is 0.991. The second-order valence-corrected chi connectivity index (χ2v) is 6.56. The van der Waals surface area contributed by atoms with E-state index in [1.54, 1.807) is 29.0 Å². The summed E-state index contributed by atoms with van der Waals surface area (Å²) >= 11 is 11.9. The van der Waals surface area contributed by atoms with Crippen LogP contribution >= 0.6 is 23.2 Å². The van der Waals surface area contributed by atoms with Crippen LogP contribution in [0.3, 0.4) is 0 Å². The van der Waals surface area contributed by atoms with Crippen LogP contribution in [0.25, 0.3) is 0 Å². The third-order valence-corrected chi connectivity index (χ3v) is 4.85. The summed E-state index contributed by atoms with van der Waals surface area (Å²) < 4.78 is 0. The molecule has 0 aliphatic carbocycles. The van der Waals surface area contributed by atoms with Gasteiger partial charge in [0.15, 0.2) is 0 Å². The molecule has 0 bridgehead atoms. The smallest absolute Gasteiger partial charge is 0.245 e. The van der Waals surface area contributed by atoms with Gasteiger partial charge < -0.3 is 9.80 Å². The minimum Gasteiger partial charge on any atom is -0.341 e. The van der Waals surface area contributed by atoms with Crippen molar-refractivity contribution in [2.24, 2.45) is 5.92 Å². The highest BCUT2D eigenvalue weighted by molar-refractivity contribution is 6.42. The van der Waals surface area contributed by atoms with Crippen LogP contribution < -0.4 is 0 Å². The van der Waals surface area contributed by atoms with Crippen molar-refractivity contribution in [3.8, 4) is 0 Å². The fourth-order valence-electron chi connectivity index (χ4n) is 2.78. The number of rotatable bonds is 4. The van der Waals surface area contributed by atoms with Gasteiger partial charge in [-0.1, -0.05) is 35.8 Å². The zero-order valence-electron chi connectivity index (χ0n) is 13.1. The van der Waals surface area contributed by atoms with Crippen LogP contribution in [0.5, 0.6) is 0 Å². The molecule has 0 spiro atoms. The van der Waals surface area contributed by atoms with E-state index in [4.69, 9.17) is 23.2 Å². The average molecular weight is 355 g/mol. The molecule has 1 aliphatic heterocycles. The van der Waals surface area contributed by atoms with Crippen LogP contribution in [-0.2, 0) is 16.1 Å². The molecule has 23 heavy (non-hydrogen) atoms. The largest absolute Gasteiger partial charge is 0.341 e. The maximum absolute atomic E-state index is 12.5. The number of piperidine rings is 1. The Balaban J connectivity index is 1.91. The van der Waals surface area contributed by atoms with Crippen LogP contribution in [0.4, 0.5) is 0 Å². The van der Waals surface area contributed by atoms with Gasteiger partial charge in [-0.3, -0.25) is 9.59 Å².